The van der Waals surface area contributed by atoms with Crippen LogP contribution in [0.1, 0.15) is 0 Å². The van der Waals surface area contributed by atoms with Crippen molar-refractivity contribution in [1.29, 1.82) is 0 Å². The van der Waals surface area contributed by atoms with E-state index >= 15 is 0 Å². The fraction of sp³-hybridized carbons (Fsp3) is 0. The van der Waals surface area contributed by atoms with Crippen LogP contribution >= 0.6 is 15.9 Å². The molecule has 1 heterocycles. The second-order valence-corrected chi connectivity index (χ2v) is 4.71. The highest BCUT2D eigenvalue weighted by molar-refractivity contribution is 9.10. The second kappa shape index (κ2) is 3.89. The van der Waals surface area contributed by atoms with Crippen molar-refractivity contribution < 1.29 is 4.52 Å². The van der Waals surface area contributed by atoms with Crippen LogP contribution in [0.2, 0.25) is 0 Å². The topological polar surface area (TPSA) is 52.0 Å². The van der Waals surface area contributed by atoms with E-state index in [1.165, 1.54) is 0 Å². The summed E-state index contributed by atoms with van der Waals surface area (Å²) >= 11 is 3.40. The first kappa shape index (κ1) is 10.4. The molecule has 3 aromatic rings. The molecule has 3 rings (SSSR count). The molecule has 0 saturated heterocycles. The van der Waals surface area contributed by atoms with Crippen LogP contribution in [0.15, 0.2) is 51.5 Å². The van der Waals surface area contributed by atoms with Crippen LogP contribution in [0, 0.1) is 0 Å². The highest BCUT2D eigenvalue weighted by Gasteiger charge is 2.10. The maximum Gasteiger partial charge on any atom is 0.174 e. The molecule has 0 spiro atoms. The van der Waals surface area contributed by atoms with Crippen LogP contribution < -0.4 is 5.73 Å². The molecule has 0 aliphatic rings. The third kappa shape index (κ3) is 1.80. The van der Waals surface area contributed by atoms with Gasteiger partial charge in [0.05, 0.1) is 5.39 Å². The fourth-order valence-corrected chi connectivity index (χ4v) is 2.03. The van der Waals surface area contributed by atoms with E-state index in [0.29, 0.717) is 5.69 Å². The van der Waals surface area contributed by atoms with Gasteiger partial charge in [0.1, 0.15) is 5.52 Å². The molecule has 84 valence electrons. The number of benzene rings is 2. The van der Waals surface area contributed by atoms with Crippen LogP contribution in [0.25, 0.3) is 22.2 Å². The van der Waals surface area contributed by atoms with Crippen molar-refractivity contribution in [3.63, 3.8) is 0 Å². The minimum atomic E-state index is 0.707. The van der Waals surface area contributed by atoms with E-state index in [2.05, 4.69) is 21.1 Å². The van der Waals surface area contributed by atoms with Gasteiger partial charge in [-0.2, -0.15) is 0 Å². The van der Waals surface area contributed by atoms with Gasteiger partial charge < -0.3 is 10.3 Å². The Balaban J connectivity index is 2.23. The minimum absolute atomic E-state index is 0.707. The number of nitrogens with zero attached hydrogens (tertiary/aromatic N) is 1. The molecule has 0 bridgehead atoms. The monoisotopic (exact) mass is 288 g/mol. The van der Waals surface area contributed by atoms with Crippen LogP contribution in [0.4, 0.5) is 5.69 Å². The van der Waals surface area contributed by atoms with Gasteiger partial charge in [-0.1, -0.05) is 21.1 Å². The van der Waals surface area contributed by atoms with Crippen molar-refractivity contribution in [2.45, 2.75) is 0 Å². The van der Waals surface area contributed by atoms with Crippen molar-refractivity contribution in [2.24, 2.45) is 0 Å². The smallest absolute Gasteiger partial charge is 0.174 e. The van der Waals surface area contributed by atoms with Crippen LogP contribution in [-0.2, 0) is 0 Å². The SMILES string of the molecule is Nc1ccc2noc(-c3ccc(Br)cc3)c2c1. The molecule has 17 heavy (non-hydrogen) atoms. The maximum absolute atomic E-state index is 5.78. The zero-order valence-corrected chi connectivity index (χ0v) is 10.4. The molecule has 1 aromatic heterocycles. The average Bonchev–Trinajstić information content (AvgIpc) is 2.73. The Morgan fingerprint density at radius 1 is 1.06 bits per heavy atom. The van der Waals surface area contributed by atoms with Crippen molar-refractivity contribution in [2.75, 3.05) is 5.73 Å². The molecule has 4 heteroatoms. The normalized spacial score (nSPS) is 10.9. The lowest BCUT2D eigenvalue weighted by atomic mass is 10.1. The van der Waals surface area contributed by atoms with E-state index in [9.17, 15) is 0 Å². The summed E-state index contributed by atoms with van der Waals surface area (Å²) < 4.78 is 6.41. The number of hydrogen-bond donors (Lipinski definition) is 1. The number of aromatic nitrogens is 1. The molecule has 0 amide bonds. The van der Waals surface area contributed by atoms with E-state index in [0.717, 1.165) is 26.7 Å². The summed E-state index contributed by atoms with van der Waals surface area (Å²) in [5.74, 6) is 0.750. The van der Waals surface area contributed by atoms with Gasteiger partial charge in [-0.3, -0.25) is 0 Å². The number of nitrogen functional groups attached to an aromatic ring is 1. The predicted octanol–water partition coefficient (Wildman–Crippen LogP) is 3.84. The maximum atomic E-state index is 5.78. The highest BCUT2D eigenvalue weighted by atomic mass is 79.9. The number of hydrogen-bond acceptors (Lipinski definition) is 3. The molecule has 0 fully saturated rings. The highest BCUT2D eigenvalue weighted by Crippen LogP contribution is 2.30. The molecular formula is C13H9BrN2O. The van der Waals surface area contributed by atoms with Gasteiger partial charge in [-0.05, 0) is 42.5 Å². The van der Waals surface area contributed by atoms with Gasteiger partial charge >= 0.3 is 0 Å². The van der Waals surface area contributed by atoms with Gasteiger partial charge in [-0.15, -0.1) is 0 Å². The molecule has 0 aliphatic heterocycles. The largest absolute Gasteiger partial charge is 0.399 e. The summed E-state index contributed by atoms with van der Waals surface area (Å²) in [5.41, 5.74) is 8.29. The Morgan fingerprint density at radius 3 is 2.59 bits per heavy atom. The summed E-state index contributed by atoms with van der Waals surface area (Å²) in [6.45, 7) is 0. The lowest BCUT2D eigenvalue weighted by Gasteiger charge is -1.97. The van der Waals surface area contributed by atoms with E-state index in [4.69, 9.17) is 10.3 Å². The molecule has 0 atom stereocenters. The molecular weight excluding hydrogens is 280 g/mol. The fourth-order valence-electron chi connectivity index (χ4n) is 1.77. The van der Waals surface area contributed by atoms with Gasteiger partial charge in [0, 0.05) is 15.7 Å². The third-order valence-electron chi connectivity index (χ3n) is 2.61. The van der Waals surface area contributed by atoms with E-state index in [1.807, 2.05) is 42.5 Å². The first-order chi connectivity index (χ1) is 8.24. The van der Waals surface area contributed by atoms with Crippen molar-refractivity contribution in [3.05, 3.63) is 46.9 Å². The number of nitrogens with two attached hydrogens (primary N) is 1. The van der Waals surface area contributed by atoms with Crippen molar-refractivity contribution >= 4 is 32.5 Å². The number of rotatable bonds is 1. The zero-order valence-electron chi connectivity index (χ0n) is 8.85. The number of fused-ring (bicyclic) bond motifs is 1. The molecule has 2 N–H and O–H groups in total. The Morgan fingerprint density at radius 2 is 1.82 bits per heavy atom. The standard InChI is InChI=1S/C13H9BrN2O/c14-9-3-1-8(2-4-9)13-11-7-10(15)5-6-12(11)16-17-13/h1-7H,15H2. The lowest BCUT2D eigenvalue weighted by Crippen LogP contribution is -1.83. The van der Waals surface area contributed by atoms with Crippen LogP contribution in [0.5, 0.6) is 0 Å². The Labute approximate surface area is 106 Å². The van der Waals surface area contributed by atoms with E-state index in [1.54, 1.807) is 0 Å². The molecule has 0 radical (unpaired) electrons. The van der Waals surface area contributed by atoms with Crippen molar-refractivity contribution in [3.8, 4) is 11.3 Å². The quantitative estimate of drug-likeness (QED) is 0.692. The van der Waals surface area contributed by atoms with Crippen LogP contribution in [0.3, 0.4) is 0 Å². The van der Waals surface area contributed by atoms with Gasteiger partial charge in [0.25, 0.3) is 0 Å². The zero-order chi connectivity index (χ0) is 11.8. The second-order valence-electron chi connectivity index (χ2n) is 3.80. The number of anilines is 1. The summed E-state index contributed by atoms with van der Waals surface area (Å²) in [7, 11) is 0. The molecule has 3 nitrogen and oxygen atoms in total. The van der Waals surface area contributed by atoms with Gasteiger partial charge in [0.15, 0.2) is 5.76 Å². The summed E-state index contributed by atoms with van der Waals surface area (Å²) in [6, 6.07) is 13.4. The Kier molecular flexibility index (Phi) is 2.37. The number of halogens is 1. The predicted molar refractivity (Wildman–Crippen MR) is 71.6 cm³/mol. The first-order valence-electron chi connectivity index (χ1n) is 5.15. The average molecular weight is 289 g/mol. The minimum Gasteiger partial charge on any atom is -0.399 e. The third-order valence-corrected chi connectivity index (χ3v) is 3.14. The van der Waals surface area contributed by atoms with Gasteiger partial charge in [-0.25, -0.2) is 0 Å². The molecule has 0 aliphatic carbocycles. The molecule has 2 aromatic carbocycles. The van der Waals surface area contributed by atoms with E-state index < -0.39 is 0 Å². The van der Waals surface area contributed by atoms with E-state index in [-0.39, 0.29) is 0 Å². The van der Waals surface area contributed by atoms with Crippen LogP contribution in [-0.4, -0.2) is 5.16 Å². The van der Waals surface area contributed by atoms with Gasteiger partial charge in [0.2, 0.25) is 0 Å². The molecule has 0 saturated carbocycles. The lowest BCUT2D eigenvalue weighted by molar-refractivity contribution is 0.441. The summed E-state index contributed by atoms with van der Waals surface area (Å²) in [5, 5.41) is 4.95. The molecule has 0 unspecified atom stereocenters. The summed E-state index contributed by atoms with van der Waals surface area (Å²) in [4.78, 5) is 0. The first-order valence-corrected chi connectivity index (χ1v) is 5.94. The Bertz CT molecular complexity index is 673. The van der Waals surface area contributed by atoms with Crippen molar-refractivity contribution in [1.82, 2.24) is 5.16 Å². The summed E-state index contributed by atoms with van der Waals surface area (Å²) in [6.07, 6.45) is 0. The Hall–Kier alpha value is -1.81.